The molecule has 18 heavy (non-hydrogen) atoms. The zero-order valence-electron chi connectivity index (χ0n) is 10.7. The van der Waals surface area contributed by atoms with Crippen LogP contribution in [0.2, 0.25) is 0 Å². The van der Waals surface area contributed by atoms with Crippen molar-refractivity contribution >= 4 is 16.9 Å². The second-order valence-corrected chi connectivity index (χ2v) is 5.23. The van der Waals surface area contributed by atoms with Gasteiger partial charge in [-0.2, -0.15) is 0 Å². The van der Waals surface area contributed by atoms with Crippen molar-refractivity contribution in [3.05, 3.63) is 36.0 Å². The predicted molar refractivity (Wildman–Crippen MR) is 71.2 cm³/mol. The van der Waals surface area contributed by atoms with Crippen LogP contribution in [0.3, 0.4) is 0 Å². The first-order valence-corrected chi connectivity index (χ1v) is 5.95. The van der Waals surface area contributed by atoms with E-state index in [9.17, 15) is 4.79 Å². The van der Waals surface area contributed by atoms with Crippen molar-refractivity contribution in [3.63, 3.8) is 0 Å². The molecule has 0 radical (unpaired) electrons. The Morgan fingerprint density at radius 1 is 1.39 bits per heavy atom. The molecule has 4 nitrogen and oxygen atoms in total. The van der Waals surface area contributed by atoms with Gasteiger partial charge in [0.2, 0.25) is 0 Å². The molecule has 2 aromatic rings. The molecule has 0 saturated carbocycles. The second kappa shape index (κ2) is 4.46. The minimum absolute atomic E-state index is 0.452. The van der Waals surface area contributed by atoms with E-state index in [1.165, 1.54) is 0 Å². The highest BCUT2D eigenvalue weighted by atomic mass is 16.4. The lowest BCUT2D eigenvalue weighted by Crippen LogP contribution is -2.28. The quantitative estimate of drug-likeness (QED) is 0.869. The number of carboxylic acids is 1. The standard InChI is InChI=1S/C14H18N2O2/c1-14(2,13(17)18)9-16-6-5-11-7-10(8-15)3-4-12(11)16/h3-7H,8-9,15H2,1-2H3,(H,17,18). The fourth-order valence-corrected chi connectivity index (χ4v) is 2.01. The fraction of sp³-hybridized carbons (Fsp3) is 0.357. The monoisotopic (exact) mass is 246 g/mol. The summed E-state index contributed by atoms with van der Waals surface area (Å²) >= 11 is 0. The van der Waals surface area contributed by atoms with Gasteiger partial charge < -0.3 is 15.4 Å². The van der Waals surface area contributed by atoms with Crippen molar-refractivity contribution in [1.82, 2.24) is 4.57 Å². The maximum Gasteiger partial charge on any atom is 0.310 e. The summed E-state index contributed by atoms with van der Waals surface area (Å²) in [7, 11) is 0. The zero-order chi connectivity index (χ0) is 13.3. The molecule has 3 N–H and O–H groups in total. The van der Waals surface area contributed by atoms with Gasteiger partial charge in [-0.3, -0.25) is 4.79 Å². The Morgan fingerprint density at radius 2 is 2.11 bits per heavy atom. The highest BCUT2D eigenvalue weighted by Crippen LogP contribution is 2.24. The SMILES string of the molecule is CC(C)(Cn1ccc2cc(CN)ccc21)C(=O)O. The van der Waals surface area contributed by atoms with Crippen LogP contribution in [0.25, 0.3) is 10.9 Å². The van der Waals surface area contributed by atoms with E-state index in [2.05, 4.69) is 0 Å². The van der Waals surface area contributed by atoms with E-state index in [1.54, 1.807) is 13.8 Å². The number of hydrogen-bond acceptors (Lipinski definition) is 2. The fourth-order valence-electron chi connectivity index (χ4n) is 2.01. The Hall–Kier alpha value is -1.81. The lowest BCUT2D eigenvalue weighted by atomic mass is 9.94. The van der Waals surface area contributed by atoms with Crippen LogP contribution in [0.1, 0.15) is 19.4 Å². The van der Waals surface area contributed by atoms with Crippen LogP contribution in [-0.2, 0) is 17.9 Å². The Labute approximate surface area is 106 Å². The van der Waals surface area contributed by atoms with Gasteiger partial charge in [0.25, 0.3) is 0 Å². The van der Waals surface area contributed by atoms with Gasteiger partial charge in [0.05, 0.1) is 5.41 Å². The first kappa shape index (κ1) is 12.6. The predicted octanol–water partition coefficient (Wildman–Crippen LogP) is 2.21. The number of aromatic nitrogens is 1. The summed E-state index contributed by atoms with van der Waals surface area (Å²) in [6.07, 6.45) is 1.93. The minimum atomic E-state index is -0.789. The minimum Gasteiger partial charge on any atom is -0.481 e. The maximum absolute atomic E-state index is 11.2. The summed E-state index contributed by atoms with van der Waals surface area (Å²) in [6.45, 7) is 4.43. The second-order valence-electron chi connectivity index (χ2n) is 5.23. The van der Waals surface area contributed by atoms with Gasteiger partial charge in [-0.25, -0.2) is 0 Å². The number of nitrogens with zero attached hydrogens (tertiary/aromatic N) is 1. The number of nitrogens with two attached hydrogens (primary N) is 1. The third kappa shape index (κ3) is 2.24. The molecular weight excluding hydrogens is 228 g/mol. The topological polar surface area (TPSA) is 68.2 Å². The van der Waals surface area contributed by atoms with Gasteiger partial charge in [-0.05, 0) is 43.0 Å². The molecule has 0 bridgehead atoms. The molecule has 0 aliphatic carbocycles. The molecule has 0 fully saturated rings. The van der Waals surface area contributed by atoms with Crippen LogP contribution in [0.5, 0.6) is 0 Å². The number of carbonyl (C=O) groups is 1. The van der Waals surface area contributed by atoms with Crippen LogP contribution < -0.4 is 5.73 Å². The van der Waals surface area contributed by atoms with Crippen molar-refractivity contribution in [1.29, 1.82) is 0 Å². The molecule has 2 rings (SSSR count). The third-order valence-electron chi connectivity index (χ3n) is 3.22. The van der Waals surface area contributed by atoms with Gasteiger partial charge in [0.15, 0.2) is 0 Å². The van der Waals surface area contributed by atoms with Crippen LogP contribution in [0, 0.1) is 5.41 Å². The lowest BCUT2D eigenvalue weighted by molar-refractivity contribution is -0.147. The summed E-state index contributed by atoms with van der Waals surface area (Å²) in [6, 6.07) is 8.01. The Balaban J connectivity index is 2.38. The normalized spacial score (nSPS) is 11.9. The average molecular weight is 246 g/mol. The van der Waals surface area contributed by atoms with Crippen LogP contribution in [-0.4, -0.2) is 15.6 Å². The third-order valence-corrected chi connectivity index (χ3v) is 3.22. The average Bonchev–Trinajstić information content (AvgIpc) is 2.71. The van der Waals surface area contributed by atoms with E-state index in [0.717, 1.165) is 16.5 Å². The molecule has 0 amide bonds. The van der Waals surface area contributed by atoms with Crippen molar-refractivity contribution < 1.29 is 9.90 Å². The van der Waals surface area contributed by atoms with Crippen LogP contribution in [0.4, 0.5) is 0 Å². The Bertz CT molecular complexity index is 584. The maximum atomic E-state index is 11.2. The summed E-state index contributed by atoms with van der Waals surface area (Å²) in [5.74, 6) is -0.789. The number of benzene rings is 1. The van der Waals surface area contributed by atoms with Crippen molar-refractivity contribution in [2.24, 2.45) is 11.1 Å². The van der Waals surface area contributed by atoms with Gasteiger partial charge >= 0.3 is 5.97 Å². The number of fused-ring (bicyclic) bond motifs is 1. The molecule has 96 valence electrons. The van der Waals surface area contributed by atoms with Gasteiger partial charge in [0.1, 0.15) is 0 Å². The number of aliphatic carboxylic acids is 1. The number of hydrogen-bond donors (Lipinski definition) is 2. The first-order valence-electron chi connectivity index (χ1n) is 5.95. The number of carboxylic acid groups (broad SMARTS) is 1. The molecule has 0 aliphatic rings. The van der Waals surface area contributed by atoms with Crippen molar-refractivity contribution in [2.45, 2.75) is 26.9 Å². The molecule has 0 unspecified atom stereocenters. The molecule has 0 aliphatic heterocycles. The summed E-state index contributed by atoms with van der Waals surface area (Å²) < 4.78 is 1.98. The molecule has 0 saturated heterocycles. The van der Waals surface area contributed by atoms with Gasteiger partial charge in [-0.15, -0.1) is 0 Å². The van der Waals surface area contributed by atoms with Gasteiger partial charge in [-0.1, -0.05) is 6.07 Å². The summed E-state index contributed by atoms with van der Waals surface area (Å²) in [4.78, 5) is 11.2. The zero-order valence-corrected chi connectivity index (χ0v) is 10.7. The Kier molecular flexibility index (Phi) is 3.13. The largest absolute Gasteiger partial charge is 0.481 e. The van der Waals surface area contributed by atoms with Gasteiger partial charge in [0, 0.05) is 24.8 Å². The van der Waals surface area contributed by atoms with E-state index in [1.807, 2.05) is 35.0 Å². The van der Waals surface area contributed by atoms with Crippen LogP contribution in [0.15, 0.2) is 30.5 Å². The van der Waals surface area contributed by atoms with E-state index < -0.39 is 11.4 Å². The molecular formula is C14H18N2O2. The molecule has 1 aromatic carbocycles. The van der Waals surface area contributed by atoms with E-state index in [-0.39, 0.29) is 0 Å². The summed E-state index contributed by atoms with van der Waals surface area (Å²) in [5.41, 5.74) is 6.95. The highest BCUT2D eigenvalue weighted by Gasteiger charge is 2.27. The van der Waals surface area contributed by atoms with E-state index in [4.69, 9.17) is 10.8 Å². The molecule has 1 heterocycles. The molecule has 1 aromatic heterocycles. The van der Waals surface area contributed by atoms with Crippen molar-refractivity contribution in [3.8, 4) is 0 Å². The van der Waals surface area contributed by atoms with Crippen molar-refractivity contribution in [2.75, 3.05) is 0 Å². The van der Waals surface area contributed by atoms with E-state index in [0.29, 0.717) is 13.1 Å². The molecule has 4 heteroatoms. The number of rotatable bonds is 4. The Morgan fingerprint density at radius 3 is 2.72 bits per heavy atom. The van der Waals surface area contributed by atoms with E-state index >= 15 is 0 Å². The summed E-state index contributed by atoms with van der Waals surface area (Å²) in [5, 5.41) is 10.3. The molecule has 0 atom stereocenters. The highest BCUT2D eigenvalue weighted by molar-refractivity contribution is 5.81. The van der Waals surface area contributed by atoms with Crippen LogP contribution >= 0.6 is 0 Å². The molecule has 0 spiro atoms. The first-order chi connectivity index (χ1) is 8.44. The lowest BCUT2D eigenvalue weighted by Gasteiger charge is -2.20. The smallest absolute Gasteiger partial charge is 0.310 e.